The van der Waals surface area contributed by atoms with Crippen LogP contribution in [0.15, 0.2) is 36.4 Å². The fraction of sp³-hybridized carbons (Fsp3) is 0.524. The van der Waals surface area contributed by atoms with Gasteiger partial charge in [0, 0.05) is 45.8 Å². The Hall–Kier alpha value is -2.12. The summed E-state index contributed by atoms with van der Waals surface area (Å²) >= 11 is 5.47. The molecule has 1 aromatic carbocycles. The Morgan fingerprint density at radius 3 is 2.39 bits per heavy atom. The molecule has 2 rings (SSSR count). The lowest BCUT2D eigenvalue weighted by Gasteiger charge is -2.35. The molecule has 6 nitrogen and oxygen atoms in total. The maximum Gasteiger partial charge on any atom is 0.407 e. The summed E-state index contributed by atoms with van der Waals surface area (Å²) in [6.07, 6.45) is 3.97. The van der Waals surface area contributed by atoms with Gasteiger partial charge in [-0.1, -0.05) is 42.5 Å². The van der Waals surface area contributed by atoms with Crippen molar-refractivity contribution >= 4 is 29.5 Å². The van der Waals surface area contributed by atoms with Crippen molar-refractivity contribution in [3.05, 3.63) is 42.0 Å². The van der Waals surface area contributed by atoms with E-state index in [0.717, 1.165) is 37.8 Å². The van der Waals surface area contributed by atoms with E-state index in [1.807, 2.05) is 26.8 Å². The maximum absolute atomic E-state index is 11.6. The van der Waals surface area contributed by atoms with Gasteiger partial charge in [-0.3, -0.25) is 4.90 Å². The lowest BCUT2D eigenvalue weighted by atomic mass is 10.2. The third kappa shape index (κ3) is 8.71. The number of thiocarbonyl (C=S) groups is 1. The van der Waals surface area contributed by atoms with E-state index in [1.165, 1.54) is 5.56 Å². The number of alkyl carbamates (subject to hydrolysis) is 1. The first-order valence-electron chi connectivity index (χ1n) is 9.77. The van der Waals surface area contributed by atoms with Crippen LogP contribution in [0.25, 0.3) is 6.08 Å². The molecule has 7 heteroatoms. The molecule has 0 bridgehead atoms. The molecule has 0 radical (unpaired) electrons. The molecule has 1 aliphatic rings. The van der Waals surface area contributed by atoms with Gasteiger partial charge >= 0.3 is 6.09 Å². The zero-order valence-corrected chi connectivity index (χ0v) is 17.9. The van der Waals surface area contributed by atoms with Crippen LogP contribution in [-0.2, 0) is 4.74 Å². The summed E-state index contributed by atoms with van der Waals surface area (Å²) in [5, 5.41) is 6.67. The van der Waals surface area contributed by atoms with E-state index in [-0.39, 0.29) is 0 Å². The Bertz CT molecular complexity index is 650. The second-order valence-corrected chi connectivity index (χ2v) is 8.15. The minimum Gasteiger partial charge on any atom is -0.444 e. The number of benzene rings is 1. The molecule has 0 aromatic heterocycles. The molecular formula is C21H32N4O2S. The molecule has 1 aliphatic heterocycles. The summed E-state index contributed by atoms with van der Waals surface area (Å²) in [7, 11) is 0. The van der Waals surface area contributed by atoms with E-state index in [4.69, 9.17) is 17.0 Å². The van der Waals surface area contributed by atoms with Gasteiger partial charge in [0.1, 0.15) is 5.60 Å². The first-order chi connectivity index (χ1) is 13.3. The monoisotopic (exact) mass is 404 g/mol. The number of hydrogen-bond acceptors (Lipinski definition) is 4. The first-order valence-corrected chi connectivity index (χ1v) is 10.2. The van der Waals surface area contributed by atoms with Gasteiger partial charge in [0.2, 0.25) is 0 Å². The van der Waals surface area contributed by atoms with Crippen molar-refractivity contribution in [1.82, 2.24) is 20.4 Å². The van der Waals surface area contributed by atoms with Gasteiger partial charge in [-0.25, -0.2) is 4.79 Å². The number of hydrogen-bond donors (Lipinski definition) is 2. The second-order valence-electron chi connectivity index (χ2n) is 7.76. The van der Waals surface area contributed by atoms with Crippen LogP contribution < -0.4 is 10.6 Å². The molecule has 0 spiro atoms. The van der Waals surface area contributed by atoms with Crippen molar-refractivity contribution in [2.24, 2.45) is 0 Å². The van der Waals surface area contributed by atoms with Crippen molar-refractivity contribution in [3.8, 4) is 0 Å². The normalized spacial score (nSPS) is 15.5. The van der Waals surface area contributed by atoms with Crippen molar-refractivity contribution in [1.29, 1.82) is 0 Å². The molecule has 1 saturated heterocycles. The number of carbonyl (C=O) groups excluding carboxylic acids is 1. The fourth-order valence-electron chi connectivity index (χ4n) is 2.80. The molecule has 0 saturated carbocycles. The summed E-state index contributed by atoms with van der Waals surface area (Å²) in [5.41, 5.74) is 0.745. The van der Waals surface area contributed by atoms with E-state index in [2.05, 4.69) is 56.9 Å². The highest BCUT2D eigenvalue weighted by atomic mass is 32.1. The minimum absolute atomic E-state index is 0.405. The molecule has 0 unspecified atom stereocenters. The van der Waals surface area contributed by atoms with Crippen LogP contribution in [0.3, 0.4) is 0 Å². The Morgan fingerprint density at radius 1 is 1.11 bits per heavy atom. The smallest absolute Gasteiger partial charge is 0.407 e. The van der Waals surface area contributed by atoms with Crippen LogP contribution in [0, 0.1) is 0 Å². The number of ether oxygens (including phenoxy) is 1. The van der Waals surface area contributed by atoms with E-state index in [0.29, 0.717) is 13.1 Å². The van der Waals surface area contributed by atoms with Crippen molar-refractivity contribution in [2.45, 2.75) is 26.4 Å². The van der Waals surface area contributed by atoms with Crippen LogP contribution in [0.2, 0.25) is 0 Å². The molecule has 1 amide bonds. The molecule has 1 aromatic rings. The van der Waals surface area contributed by atoms with E-state index < -0.39 is 11.7 Å². The largest absolute Gasteiger partial charge is 0.444 e. The average molecular weight is 405 g/mol. The van der Waals surface area contributed by atoms with Crippen molar-refractivity contribution in [3.63, 3.8) is 0 Å². The Morgan fingerprint density at radius 2 is 1.75 bits per heavy atom. The second kappa shape index (κ2) is 11.0. The van der Waals surface area contributed by atoms with Gasteiger partial charge in [-0.05, 0) is 38.6 Å². The summed E-state index contributed by atoms with van der Waals surface area (Å²) in [4.78, 5) is 16.2. The molecule has 154 valence electrons. The average Bonchev–Trinajstić information content (AvgIpc) is 2.65. The quantitative estimate of drug-likeness (QED) is 0.562. The SMILES string of the molecule is CC(C)(C)OC(=O)NCCNC(=S)N1CCN(C/C=C/c2ccccc2)CC1. The highest BCUT2D eigenvalue weighted by Gasteiger charge is 2.18. The van der Waals surface area contributed by atoms with Gasteiger partial charge in [0.25, 0.3) is 0 Å². The third-order valence-corrected chi connectivity index (χ3v) is 4.60. The number of piperazine rings is 1. The van der Waals surface area contributed by atoms with Crippen LogP contribution in [-0.4, -0.2) is 72.4 Å². The molecule has 2 N–H and O–H groups in total. The number of nitrogens with one attached hydrogen (secondary N) is 2. The Balaban J connectivity index is 1.59. The zero-order valence-electron chi connectivity index (χ0n) is 17.1. The summed E-state index contributed by atoms with van der Waals surface area (Å²) in [6, 6.07) is 10.3. The summed E-state index contributed by atoms with van der Waals surface area (Å²) < 4.78 is 5.20. The number of carbonyl (C=O) groups is 1. The minimum atomic E-state index is -0.483. The third-order valence-electron chi connectivity index (χ3n) is 4.20. The molecular weight excluding hydrogens is 372 g/mol. The summed E-state index contributed by atoms with van der Waals surface area (Å²) in [6.45, 7) is 11.3. The predicted molar refractivity (Wildman–Crippen MR) is 118 cm³/mol. The van der Waals surface area contributed by atoms with Gasteiger partial charge in [0.05, 0.1) is 0 Å². The van der Waals surface area contributed by atoms with Crippen LogP contribution >= 0.6 is 12.2 Å². The number of amides is 1. The molecule has 0 aliphatic carbocycles. The highest BCUT2D eigenvalue weighted by Crippen LogP contribution is 2.06. The van der Waals surface area contributed by atoms with E-state index in [1.54, 1.807) is 0 Å². The zero-order chi connectivity index (χ0) is 20.4. The number of rotatable bonds is 6. The van der Waals surface area contributed by atoms with Crippen LogP contribution in [0.4, 0.5) is 4.79 Å². The standard InChI is InChI=1S/C21H32N4O2S/c1-21(2,3)27-20(26)23-12-11-22-19(28)25-16-14-24(15-17-25)13-7-10-18-8-5-4-6-9-18/h4-10H,11-17H2,1-3H3,(H,22,28)(H,23,26)/b10-7+. The number of nitrogens with zero attached hydrogens (tertiary/aromatic N) is 2. The molecule has 28 heavy (non-hydrogen) atoms. The molecule has 1 fully saturated rings. The lowest BCUT2D eigenvalue weighted by Crippen LogP contribution is -2.52. The van der Waals surface area contributed by atoms with E-state index in [9.17, 15) is 4.79 Å². The van der Waals surface area contributed by atoms with E-state index >= 15 is 0 Å². The Kier molecular flexibility index (Phi) is 8.73. The van der Waals surface area contributed by atoms with Gasteiger partial charge in [-0.2, -0.15) is 0 Å². The van der Waals surface area contributed by atoms with Gasteiger partial charge in [0.15, 0.2) is 5.11 Å². The fourth-order valence-corrected chi connectivity index (χ4v) is 3.08. The van der Waals surface area contributed by atoms with Gasteiger partial charge in [-0.15, -0.1) is 0 Å². The first kappa shape index (κ1) is 22.2. The lowest BCUT2D eigenvalue weighted by molar-refractivity contribution is 0.0529. The molecule has 1 heterocycles. The molecule has 0 atom stereocenters. The van der Waals surface area contributed by atoms with Crippen LogP contribution in [0.5, 0.6) is 0 Å². The Labute approximate surface area is 173 Å². The van der Waals surface area contributed by atoms with Crippen molar-refractivity contribution < 1.29 is 9.53 Å². The maximum atomic E-state index is 11.6. The highest BCUT2D eigenvalue weighted by molar-refractivity contribution is 7.80. The van der Waals surface area contributed by atoms with Gasteiger partial charge < -0.3 is 20.3 Å². The summed E-state index contributed by atoms with van der Waals surface area (Å²) in [5.74, 6) is 0. The predicted octanol–water partition coefficient (Wildman–Crippen LogP) is 2.72. The topological polar surface area (TPSA) is 56.8 Å². The van der Waals surface area contributed by atoms with Crippen LogP contribution in [0.1, 0.15) is 26.3 Å². The van der Waals surface area contributed by atoms with Crippen molar-refractivity contribution in [2.75, 3.05) is 45.8 Å².